The highest BCUT2D eigenvalue weighted by atomic mass is 35.5. The third kappa shape index (κ3) is 6.28. The van der Waals surface area contributed by atoms with Crippen LogP contribution in [0.2, 0.25) is 5.02 Å². The van der Waals surface area contributed by atoms with Crippen LogP contribution in [-0.2, 0) is 0 Å². The molecular weight excluding hydrogens is 826 g/mol. The van der Waals surface area contributed by atoms with Crippen molar-refractivity contribution < 1.29 is 0 Å². The van der Waals surface area contributed by atoms with Crippen LogP contribution in [0.4, 0.5) is 17.1 Å². The fourth-order valence-electron chi connectivity index (χ4n) is 8.56. The first-order chi connectivity index (χ1) is 29.6. The molecule has 0 bridgehead atoms. The van der Waals surface area contributed by atoms with E-state index in [1.54, 1.807) is 11.8 Å². The van der Waals surface area contributed by atoms with E-state index in [0.717, 1.165) is 43.0 Å². The molecule has 6 heteroatoms. The first kappa shape index (κ1) is 36.0. The summed E-state index contributed by atoms with van der Waals surface area (Å²) in [6.07, 6.45) is 0. The third-order valence-corrected chi connectivity index (χ3v) is 16.1. The lowest BCUT2D eigenvalue weighted by molar-refractivity contribution is 1.27. The van der Waals surface area contributed by atoms with E-state index in [1.165, 1.54) is 71.6 Å². The van der Waals surface area contributed by atoms with Gasteiger partial charge >= 0.3 is 0 Å². The number of fused-ring (bicyclic) bond motifs is 9. The molecule has 0 unspecified atom stereocenters. The Morgan fingerprint density at radius 2 is 0.900 bits per heavy atom. The molecule has 0 spiro atoms. The smallest absolute Gasteiger partial charge is 0.0468 e. The van der Waals surface area contributed by atoms with Crippen molar-refractivity contribution in [3.8, 4) is 22.3 Å². The fraction of sp³-hybridized carbons (Fsp3) is 0. The molecule has 0 aliphatic carbocycles. The summed E-state index contributed by atoms with van der Waals surface area (Å²) >= 11 is 14.3. The Labute approximate surface area is 368 Å². The normalized spacial score (nSPS) is 11.8. The molecule has 0 aliphatic rings. The second-order valence-corrected chi connectivity index (χ2v) is 19.8. The van der Waals surface area contributed by atoms with Crippen molar-refractivity contribution in [2.45, 2.75) is 9.79 Å². The van der Waals surface area contributed by atoms with Crippen LogP contribution in [0.25, 0.3) is 82.8 Å². The van der Waals surface area contributed by atoms with Gasteiger partial charge in [0.25, 0.3) is 0 Å². The quantitative estimate of drug-likeness (QED) is 0.157. The molecule has 0 aliphatic heterocycles. The first-order valence-electron chi connectivity index (χ1n) is 19.8. The molecule has 284 valence electrons. The number of nitrogens with zero attached hydrogens (tertiary/aromatic N) is 1. The third-order valence-electron chi connectivity index (χ3n) is 11.4. The van der Waals surface area contributed by atoms with Crippen molar-refractivity contribution in [2.24, 2.45) is 0 Å². The first-order valence-corrected chi connectivity index (χ1v) is 23.5. The molecule has 0 radical (unpaired) electrons. The van der Waals surface area contributed by atoms with E-state index in [0.29, 0.717) is 0 Å². The number of benzene rings is 9. The molecule has 12 rings (SSSR count). The summed E-state index contributed by atoms with van der Waals surface area (Å²) in [5.74, 6) is 0. The highest BCUT2D eigenvalue weighted by Crippen LogP contribution is 2.47. The van der Waals surface area contributed by atoms with Gasteiger partial charge in [0, 0.05) is 92.4 Å². The van der Waals surface area contributed by atoms with Gasteiger partial charge in [0.1, 0.15) is 0 Å². The topological polar surface area (TPSA) is 3.24 Å². The lowest BCUT2D eigenvalue weighted by atomic mass is 10.0. The molecule has 60 heavy (non-hydrogen) atoms. The summed E-state index contributed by atoms with van der Waals surface area (Å²) in [6, 6.07) is 70.9. The van der Waals surface area contributed by atoms with E-state index in [2.05, 4.69) is 199 Å². The van der Waals surface area contributed by atoms with E-state index < -0.39 is 0 Å². The van der Waals surface area contributed by atoms with Gasteiger partial charge in [-0.1, -0.05) is 114 Å². The summed E-state index contributed by atoms with van der Waals surface area (Å²) < 4.78 is 7.79. The number of hydrogen-bond donors (Lipinski definition) is 0. The maximum Gasteiger partial charge on any atom is 0.0468 e. The van der Waals surface area contributed by atoms with Gasteiger partial charge in [-0.15, -0.1) is 34.0 Å². The summed E-state index contributed by atoms with van der Waals surface area (Å²) in [7, 11) is 0. The molecule has 3 aromatic heterocycles. The molecule has 1 nitrogen and oxygen atoms in total. The Bertz CT molecular complexity index is 3620. The number of para-hydroxylation sites is 1. The minimum atomic E-state index is 0.724. The van der Waals surface area contributed by atoms with Crippen LogP contribution in [0.15, 0.2) is 204 Å². The fourth-order valence-corrected chi connectivity index (χ4v) is 13.2. The minimum Gasteiger partial charge on any atom is -0.310 e. The van der Waals surface area contributed by atoms with Crippen LogP contribution in [0.3, 0.4) is 0 Å². The molecule has 0 atom stereocenters. The maximum absolute atomic E-state index is 6.97. The number of halogens is 1. The molecule has 9 aromatic carbocycles. The van der Waals surface area contributed by atoms with Crippen molar-refractivity contribution in [3.05, 3.63) is 199 Å². The van der Waals surface area contributed by atoms with Crippen LogP contribution in [0.5, 0.6) is 0 Å². The van der Waals surface area contributed by atoms with E-state index in [4.69, 9.17) is 11.6 Å². The predicted octanol–water partition coefficient (Wildman–Crippen LogP) is 18.4. The molecule has 0 fully saturated rings. The number of anilines is 3. The SMILES string of the molecule is Clc1cc(Sc2ccc(N(c3ccccc3)c3ccc4sc5ccccc5c4c3)cc2-c2ccc3sc4ccccc4c3c2)cc(-c2ccc3c(c2)sc2ccccc23)c1. The van der Waals surface area contributed by atoms with Crippen molar-refractivity contribution in [1.82, 2.24) is 0 Å². The standard InChI is InChI=1S/C54H32ClNS4/c55-36-26-35(33-18-22-44-41-12-4-7-15-48(41)60-54(44)29-33)27-40(30-36)57-51-24-20-38(31-45(51)34-19-23-52-46(28-34)42-13-5-8-16-49(42)58-52)56(37-10-2-1-3-11-37)39-21-25-53-47(32-39)43-14-6-9-17-50(43)59-53/h1-32H. The van der Waals surface area contributed by atoms with Gasteiger partial charge < -0.3 is 4.90 Å². The monoisotopic (exact) mass is 857 g/mol. The zero-order valence-corrected chi connectivity index (χ0v) is 36.0. The van der Waals surface area contributed by atoms with Gasteiger partial charge in [-0.05, 0) is 125 Å². The van der Waals surface area contributed by atoms with Crippen molar-refractivity contribution in [2.75, 3.05) is 4.90 Å². The van der Waals surface area contributed by atoms with E-state index in [-0.39, 0.29) is 0 Å². The minimum absolute atomic E-state index is 0.724. The van der Waals surface area contributed by atoms with Crippen molar-refractivity contribution in [1.29, 1.82) is 0 Å². The Balaban J connectivity index is 1.01. The summed E-state index contributed by atoms with van der Waals surface area (Å²) in [5, 5.41) is 8.47. The Morgan fingerprint density at radius 3 is 1.63 bits per heavy atom. The molecule has 12 aromatic rings. The van der Waals surface area contributed by atoms with E-state index in [9.17, 15) is 0 Å². The van der Waals surface area contributed by atoms with Crippen LogP contribution in [0, 0.1) is 0 Å². The average molecular weight is 859 g/mol. The highest BCUT2D eigenvalue weighted by molar-refractivity contribution is 7.99. The number of thiophene rings is 3. The number of rotatable bonds is 7. The molecule has 3 heterocycles. The lowest BCUT2D eigenvalue weighted by Gasteiger charge is -2.27. The van der Waals surface area contributed by atoms with Gasteiger partial charge in [0.15, 0.2) is 0 Å². The van der Waals surface area contributed by atoms with E-state index in [1.807, 2.05) is 34.0 Å². The molecule has 0 N–H and O–H groups in total. The van der Waals surface area contributed by atoms with Gasteiger partial charge in [0.05, 0.1) is 0 Å². The second-order valence-electron chi connectivity index (χ2n) is 15.0. The average Bonchev–Trinajstić information content (AvgIpc) is 3.98. The van der Waals surface area contributed by atoms with Crippen LogP contribution < -0.4 is 4.90 Å². The molecule has 0 amide bonds. The van der Waals surface area contributed by atoms with Crippen molar-refractivity contribution in [3.63, 3.8) is 0 Å². The Kier molecular flexibility index (Phi) is 8.79. The van der Waals surface area contributed by atoms with Gasteiger partial charge in [-0.25, -0.2) is 0 Å². The predicted molar refractivity (Wildman–Crippen MR) is 266 cm³/mol. The zero-order valence-electron chi connectivity index (χ0n) is 31.9. The molecule has 0 saturated carbocycles. The van der Waals surface area contributed by atoms with Gasteiger partial charge in [0.2, 0.25) is 0 Å². The Hall–Kier alpha value is -5.92. The Morgan fingerprint density at radius 1 is 0.350 bits per heavy atom. The lowest BCUT2D eigenvalue weighted by Crippen LogP contribution is -2.10. The van der Waals surface area contributed by atoms with Gasteiger partial charge in [-0.3, -0.25) is 0 Å². The second kappa shape index (κ2) is 14.7. The van der Waals surface area contributed by atoms with Crippen molar-refractivity contribution >= 4 is 135 Å². The largest absolute Gasteiger partial charge is 0.310 e. The van der Waals surface area contributed by atoms with E-state index >= 15 is 0 Å². The van der Waals surface area contributed by atoms with Crippen LogP contribution in [0.1, 0.15) is 0 Å². The summed E-state index contributed by atoms with van der Waals surface area (Å²) in [6.45, 7) is 0. The van der Waals surface area contributed by atoms with Gasteiger partial charge in [-0.2, -0.15) is 0 Å². The summed E-state index contributed by atoms with van der Waals surface area (Å²) in [5.41, 5.74) is 7.96. The molecular formula is C54H32ClNS4. The summed E-state index contributed by atoms with van der Waals surface area (Å²) in [4.78, 5) is 4.65. The highest BCUT2D eigenvalue weighted by Gasteiger charge is 2.19. The zero-order chi connectivity index (χ0) is 39.7. The van der Waals surface area contributed by atoms with Crippen LogP contribution in [-0.4, -0.2) is 0 Å². The van der Waals surface area contributed by atoms with Crippen LogP contribution >= 0.6 is 57.4 Å². The molecule has 0 saturated heterocycles. The maximum atomic E-state index is 6.97. The number of hydrogen-bond acceptors (Lipinski definition) is 5.